The lowest BCUT2D eigenvalue weighted by atomic mass is 10.0. The van der Waals surface area contributed by atoms with Crippen molar-refractivity contribution in [2.45, 2.75) is 69.5 Å². The predicted molar refractivity (Wildman–Crippen MR) is 190 cm³/mol. The highest BCUT2D eigenvalue weighted by Crippen LogP contribution is 2.28. The molecule has 0 bridgehead atoms. The maximum absolute atomic E-state index is 14.7. The lowest BCUT2D eigenvalue weighted by Gasteiger charge is -2.34. The van der Waals surface area contributed by atoms with E-state index in [9.17, 15) is 18.0 Å². The molecule has 1 saturated carbocycles. The number of rotatable bonds is 14. The monoisotopic (exact) mass is 687 g/mol. The van der Waals surface area contributed by atoms with Crippen molar-refractivity contribution < 1.29 is 22.7 Å². The summed E-state index contributed by atoms with van der Waals surface area (Å²) in [6.07, 6.45) is 4.08. The molecule has 2 amide bonds. The van der Waals surface area contributed by atoms with Crippen LogP contribution in [0.2, 0.25) is 5.02 Å². The predicted octanol–water partition coefficient (Wildman–Crippen LogP) is 6.94. The second-order valence-corrected chi connectivity index (χ2v) is 14.4. The second kappa shape index (κ2) is 16.2. The average molecular weight is 688 g/mol. The first-order chi connectivity index (χ1) is 23.1. The standard InChI is InChI=1S/C38H42ClN3O5S/c1-3-47-34-20-18-33(19-21-34)42(48(45,46)35-22-16-28(2)17-23-35)27-37(43)41(26-30-12-9-13-31(39)24-30)36(25-29-10-5-4-6-11-29)38(44)40-32-14-7-8-15-32/h4-6,9-13,16-24,32,36H,3,7-8,14-15,25-27H2,1-2H3,(H,40,44)/t36-/m0/s1. The van der Waals surface area contributed by atoms with Gasteiger partial charge in [-0.2, -0.15) is 0 Å². The molecule has 1 aliphatic carbocycles. The molecule has 0 spiro atoms. The van der Waals surface area contributed by atoms with E-state index in [4.69, 9.17) is 16.3 Å². The molecule has 0 saturated heterocycles. The lowest BCUT2D eigenvalue weighted by Crippen LogP contribution is -2.54. The van der Waals surface area contributed by atoms with E-state index in [0.717, 1.165) is 46.7 Å². The van der Waals surface area contributed by atoms with E-state index in [0.29, 0.717) is 23.1 Å². The van der Waals surface area contributed by atoms with Crippen LogP contribution in [-0.2, 0) is 32.6 Å². The fourth-order valence-corrected chi connectivity index (χ4v) is 7.62. The van der Waals surface area contributed by atoms with Crippen LogP contribution >= 0.6 is 11.6 Å². The number of carbonyl (C=O) groups excluding carboxylic acids is 2. The molecule has 252 valence electrons. The Hall–Kier alpha value is -4.34. The van der Waals surface area contributed by atoms with E-state index < -0.39 is 28.5 Å². The molecule has 48 heavy (non-hydrogen) atoms. The first kappa shape index (κ1) is 35.0. The van der Waals surface area contributed by atoms with Crippen LogP contribution in [0.5, 0.6) is 5.75 Å². The van der Waals surface area contributed by atoms with Gasteiger partial charge in [-0.05, 0) is 86.3 Å². The maximum Gasteiger partial charge on any atom is 0.264 e. The number of benzene rings is 4. The highest BCUT2D eigenvalue weighted by molar-refractivity contribution is 7.92. The van der Waals surface area contributed by atoms with E-state index in [2.05, 4.69) is 5.32 Å². The summed E-state index contributed by atoms with van der Waals surface area (Å²) in [5, 5.41) is 3.69. The summed E-state index contributed by atoms with van der Waals surface area (Å²) in [5.41, 5.74) is 2.80. The zero-order chi connectivity index (χ0) is 34.1. The largest absolute Gasteiger partial charge is 0.494 e. The number of ether oxygens (including phenoxy) is 1. The number of sulfonamides is 1. The Morgan fingerprint density at radius 2 is 1.56 bits per heavy atom. The number of nitrogens with one attached hydrogen (secondary N) is 1. The summed E-state index contributed by atoms with van der Waals surface area (Å²) in [7, 11) is -4.20. The molecule has 10 heteroatoms. The quantitative estimate of drug-likeness (QED) is 0.155. The lowest BCUT2D eigenvalue weighted by molar-refractivity contribution is -0.140. The topological polar surface area (TPSA) is 96.0 Å². The van der Waals surface area contributed by atoms with E-state index in [-0.39, 0.29) is 29.8 Å². The third-order valence-corrected chi connectivity index (χ3v) is 10.6. The van der Waals surface area contributed by atoms with Gasteiger partial charge < -0.3 is 15.0 Å². The fraction of sp³-hybridized carbons (Fsp3) is 0.316. The summed E-state index contributed by atoms with van der Waals surface area (Å²) in [5.74, 6) is -0.216. The van der Waals surface area contributed by atoms with Crippen molar-refractivity contribution in [3.63, 3.8) is 0 Å². The van der Waals surface area contributed by atoms with Crippen LogP contribution in [0.1, 0.15) is 49.3 Å². The average Bonchev–Trinajstić information content (AvgIpc) is 3.59. The molecule has 1 atom stereocenters. The highest BCUT2D eigenvalue weighted by Gasteiger charge is 2.35. The number of amides is 2. The number of hydrogen-bond acceptors (Lipinski definition) is 5. The highest BCUT2D eigenvalue weighted by atomic mass is 35.5. The second-order valence-electron chi connectivity index (χ2n) is 12.1. The van der Waals surface area contributed by atoms with Gasteiger partial charge in [-0.1, -0.05) is 84.6 Å². The minimum Gasteiger partial charge on any atom is -0.494 e. The smallest absolute Gasteiger partial charge is 0.264 e. The summed E-state index contributed by atoms with van der Waals surface area (Å²) in [4.78, 5) is 30.4. The SMILES string of the molecule is CCOc1ccc(N(CC(=O)N(Cc2cccc(Cl)c2)[C@@H](Cc2ccccc2)C(=O)NC2CCCC2)S(=O)(=O)c2ccc(C)cc2)cc1. The van der Waals surface area contributed by atoms with Crippen LogP contribution in [0, 0.1) is 6.92 Å². The molecule has 0 unspecified atom stereocenters. The number of hydrogen-bond donors (Lipinski definition) is 1. The van der Waals surface area contributed by atoms with Crippen molar-refractivity contribution in [1.29, 1.82) is 0 Å². The van der Waals surface area contributed by atoms with Gasteiger partial charge in [0, 0.05) is 24.0 Å². The first-order valence-corrected chi connectivity index (χ1v) is 18.2. The normalized spacial score (nSPS) is 13.9. The van der Waals surface area contributed by atoms with Crippen molar-refractivity contribution in [3.8, 4) is 5.75 Å². The third-order valence-electron chi connectivity index (χ3n) is 8.54. The van der Waals surface area contributed by atoms with E-state index >= 15 is 0 Å². The number of aryl methyl sites for hydroxylation is 1. The minimum absolute atomic E-state index is 0.0289. The molecule has 4 aromatic rings. The molecule has 1 fully saturated rings. The van der Waals surface area contributed by atoms with Gasteiger partial charge in [0.15, 0.2) is 0 Å². The zero-order valence-corrected chi connectivity index (χ0v) is 28.9. The molecule has 1 N–H and O–H groups in total. The van der Waals surface area contributed by atoms with Gasteiger partial charge in [0.1, 0.15) is 18.3 Å². The third kappa shape index (κ3) is 8.96. The van der Waals surface area contributed by atoms with Gasteiger partial charge in [-0.3, -0.25) is 13.9 Å². The van der Waals surface area contributed by atoms with Crippen molar-refractivity contribution in [3.05, 3.63) is 125 Å². The van der Waals surface area contributed by atoms with Crippen LogP contribution < -0.4 is 14.4 Å². The van der Waals surface area contributed by atoms with Crippen molar-refractivity contribution in [1.82, 2.24) is 10.2 Å². The Labute approximate surface area is 288 Å². The maximum atomic E-state index is 14.7. The van der Waals surface area contributed by atoms with E-state index in [1.807, 2.05) is 50.2 Å². The molecule has 0 heterocycles. The Morgan fingerprint density at radius 3 is 2.21 bits per heavy atom. The van der Waals surface area contributed by atoms with Gasteiger partial charge in [-0.25, -0.2) is 8.42 Å². The molecule has 1 aliphatic rings. The Kier molecular flexibility index (Phi) is 11.8. The van der Waals surface area contributed by atoms with Gasteiger partial charge in [0.25, 0.3) is 10.0 Å². The molecule has 4 aromatic carbocycles. The summed E-state index contributed by atoms with van der Waals surface area (Å²) >= 11 is 6.35. The zero-order valence-electron chi connectivity index (χ0n) is 27.3. The molecule has 0 radical (unpaired) electrons. The summed E-state index contributed by atoms with van der Waals surface area (Å²) < 4.78 is 35.2. The molecular formula is C38H42ClN3O5S. The number of anilines is 1. The summed E-state index contributed by atoms with van der Waals surface area (Å²) in [6.45, 7) is 3.71. The van der Waals surface area contributed by atoms with Gasteiger partial charge in [0.05, 0.1) is 17.2 Å². The molecule has 0 aromatic heterocycles. The number of carbonyl (C=O) groups is 2. The van der Waals surface area contributed by atoms with Crippen LogP contribution in [-0.4, -0.2) is 50.4 Å². The van der Waals surface area contributed by atoms with E-state index in [1.165, 1.54) is 17.0 Å². The molecular weight excluding hydrogens is 646 g/mol. The Balaban J connectivity index is 1.56. The van der Waals surface area contributed by atoms with Crippen LogP contribution in [0.4, 0.5) is 5.69 Å². The number of halogens is 1. The Bertz CT molecular complexity index is 1780. The van der Waals surface area contributed by atoms with Crippen molar-refractivity contribution in [2.75, 3.05) is 17.5 Å². The van der Waals surface area contributed by atoms with Crippen LogP contribution in [0.3, 0.4) is 0 Å². The van der Waals surface area contributed by atoms with E-state index in [1.54, 1.807) is 54.6 Å². The van der Waals surface area contributed by atoms with Gasteiger partial charge >= 0.3 is 0 Å². The van der Waals surface area contributed by atoms with Crippen molar-refractivity contribution >= 4 is 39.1 Å². The number of nitrogens with zero attached hydrogens (tertiary/aromatic N) is 2. The molecule has 0 aliphatic heterocycles. The van der Waals surface area contributed by atoms with Crippen LogP contribution in [0.15, 0.2) is 108 Å². The van der Waals surface area contributed by atoms with Crippen LogP contribution in [0.25, 0.3) is 0 Å². The molecule has 8 nitrogen and oxygen atoms in total. The first-order valence-electron chi connectivity index (χ1n) is 16.3. The van der Waals surface area contributed by atoms with Gasteiger partial charge in [-0.15, -0.1) is 0 Å². The fourth-order valence-electron chi connectivity index (χ4n) is 5.99. The van der Waals surface area contributed by atoms with Gasteiger partial charge in [0.2, 0.25) is 11.8 Å². The minimum atomic E-state index is -4.20. The van der Waals surface area contributed by atoms with Crippen molar-refractivity contribution in [2.24, 2.45) is 0 Å². The molecule has 5 rings (SSSR count). The Morgan fingerprint density at radius 1 is 0.896 bits per heavy atom. The summed E-state index contributed by atoms with van der Waals surface area (Å²) in [6, 6.07) is 28.9.